The molecule has 1 heterocycles. The van der Waals surface area contributed by atoms with Crippen molar-refractivity contribution in [2.75, 3.05) is 26.2 Å². The molecule has 0 aromatic carbocycles. The fraction of sp³-hybridized carbons (Fsp3) is 0.917. The molecular weight excluding hydrogens is 204 g/mol. The first-order valence-corrected chi connectivity index (χ1v) is 6.37. The number of hydrogen-bond acceptors (Lipinski definition) is 2. The van der Waals surface area contributed by atoms with Crippen LogP contribution in [0.5, 0.6) is 0 Å². The minimum atomic E-state index is 0.0800. The highest BCUT2D eigenvalue weighted by Crippen LogP contribution is 2.08. The molecule has 1 atom stereocenters. The third-order valence-electron chi connectivity index (χ3n) is 3.10. The smallest absolute Gasteiger partial charge is 0.317 e. The Morgan fingerprint density at radius 2 is 2.06 bits per heavy atom. The molecule has 1 aliphatic rings. The molecule has 0 saturated carbocycles. The molecule has 4 heteroatoms. The summed E-state index contributed by atoms with van der Waals surface area (Å²) in [5, 5.41) is 11.8. The van der Waals surface area contributed by atoms with E-state index in [9.17, 15) is 4.79 Å². The van der Waals surface area contributed by atoms with Crippen LogP contribution in [0.25, 0.3) is 0 Å². The first kappa shape index (κ1) is 13.3. The average Bonchev–Trinajstić information content (AvgIpc) is 2.35. The van der Waals surface area contributed by atoms with E-state index in [2.05, 4.69) is 5.32 Å². The van der Waals surface area contributed by atoms with E-state index in [4.69, 9.17) is 5.11 Å². The standard InChI is InChI=1S/C12H24N2O2/c1-11(10-15)6-5-7-13-12(16)14-8-3-2-4-9-14/h11,15H,2-10H2,1H3,(H,13,16). The third kappa shape index (κ3) is 4.84. The number of aliphatic hydroxyl groups is 1. The Labute approximate surface area is 98.0 Å². The molecule has 0 radical (unpaired) electrons. The number of urea groups is 1. The van der Waals surface area contributed by atoms with Gasteiger partial charge in [-0.3, -0.25) is 0 Å². The Morgan fingerprint density at radius 3 is 2.69 bits per heavy atom. The van der Waals surface area contributed by atoms with Gasteiger partial charge in [-0.05, 0) is 38.0 Å². The number of carbonyl (C=O) groups excluding carboxylic acids is 1. The first-order chi connectivity index (χ1) is 7.74. The van der Waals surface area contributed by atoms with Gasteiger partial charge in [0.15, 0.2) is 0 Å². The molecule has 2 N–H and O–H groups in total. The molecule has 1 aliphatic heterocycles. The van der Waals surface area contributed by atoms with Crippen LogP contribution in [0.4, 0.5) is 4.79 Å². The highest BCUT2D eigenvalue weighted by Gasteiger charge is 2.15. The van der Waals surface area contributed by atoms with Gasteiger partial charge in [0.05, 0.1) is 0 Å². The molecule has 1 fully saturated rings. The van der Waals surface area contributed by atoms with Crippen molar-refractivity contribution in [1.29, 1.82) is 0 Å². The zero-order chi connectivity index (χ0) is 11.8. The summed E-state index contributed by atoms with van der Waals surface area (Å²) in [5.41, 5.74) is 0. The number of aliphatic hydroxyl groups excluding tert-OH is 1. The van der Waals surface area contributed by atoms with Crippen molar-refractivity contribution in [3.8, 4) is 0 Å². The fourth-order valence-electron chi connectivity index (χ4n) is 1.95. The maximum atomic E-state index is 11.7. The average molecular weight is 228 g/mol. The molecule has 1 rings (SSSR count). The number of amides is 2. The number of likely N-dealkylation sites (tertiary alicyclic amines) is 1. The second-order valence-corrected chi connectivity index (χ2v) is 4.71. The summed E-state index contributed by atoms with van der Waals surface area (Å²) in [4.78, 5) is 13.6. The summed E-state index contributed by atoms with van der Waals surface area (Å²) in [6.07, 6.45) is 5.43. The van der Waals surface area contributed by atoms with Gasteiger partial charge in [0.1, 0.15) is 0 Å². The third-order valence-corrected chi connectivity index (χ3v) is 3.10. The minimum Gasteiger partial charge on any atom is -0.396 e. The van der Waals surface area contributed by atoms with E-state index in [0.29, 0.717) is 5.92 Å². The molecule has 1 saturated heterocycles. The Hall–Kier alpha value is -0.770. The van der Waals surface area contributed by atoms with Crippen molar-refractivity contribution in [3.63, 3.8) is 0 Å². The van der Waals surface area contributed by atoms with Gasteiger partial charge in [0.25, 0.3) is 0 Å². The zero-order valence-corrected chi connectivity index (χ0v) is 10.2. The maximum absolute atomic E-state index is 11.7. The molecule has 16 heavy (non-hydrogen) atoms. The van der Waals surface area contributed by atoms with E-state index in [1.54, 1.807) is 0 Å². The number of rotatable bonds is 5. The van der Waals surface area contributed by atoms with Crippen LogP contribution < -0.4 is 5.32 Å². The number of hydrogen-bond donors (Lipinski definition) is 2. The lowest BCUT2D eigenvalue weighted by molar-refractivity contribution is 0.185. The molecule has 0 aromatic heterocycles. The quantitative estimate of drug-likeness (QED) is 0.702. The predicted octanol–water partition coefficient (Wildman–Crippen LogP) is 1.59. The summed E-state index contributed by atoms with van der Waals surface area (Å²) < 4.78 is 0. The minimum absolute atomic E-state index is 0.0800. The molecule has 0 aliphatic carbocycles. The van der Waals surface area contributed by atoms with E-state index in [1.807, 2.05) is 11.8 Å². The number of carbonyl (C=O) groups is 1. The van der Waals surface area contributed by atoms with Crippen LogP contribution in [0.3, 0.4) is 0 Å². The number of piperidine rings is 1. The fourth-order valence-corrected chi connectivity index (χ4v) is 1.95. The molecule has 0 bridgehead atoms. The molecule has 1 unspecified atom stereocenters. The van der Waals surface area contributed by atoms with E-state index < -0.39 is 0 Å². The van der Waals surface area contributed by atoms with E-state index in [1.165, 1.54) is 6.42 Å². The normalized spacial score (nSPS) is 18.2. The molecule has 2 amide bonds. The molecule has 4 nitrogen and oxygen atoms in total. The van der Waals surface area contributed by atoms with E-state index in [-0.39, 0.29) is 12.6 Å². The van der Waals surface area contributed by atoms with Crippen molar-refractivity contribution < 1.29 is 9.90 Å². The lowest BCUT2D eigenvalue weighted by Crippen LogP contribution is -2.43. The Bertz CT molecular complexity index is 203. The number of nitrogens with one attached hydrogen (secondary N) is 1. The van der Waals surface area contributed by atoms with Crippen LogP contribution in [-0.4, -0.2) is 42.3 Å². The van der Waals surface area contributed by atoms with Gasteiger partial charge in [0.2, 0.25) is 0 Å². The van der Waals surface area contributed by atoms with Crippen LogP contribution >= 0.6 is 0 Å². The van der Waals surface area contributed by atoms with Crippen molar-refractivity contribution >= 4 is 6.03 Å². The van der Waals surface area contributed by atoms with Crippen molar-refractivity contribution in [3.05, 3.63) is 0 Å². The van der Waals surface area contributed by atoms with Crippen LogP contribution in [0.1, 0.15) is 39.0 Å². The topological polar surface area (TPSA) is 52.6 Å². The SMILES string of the molecule is CC(CO)CCCNC(=O)N1CCCCC1. The Morgan fingerprint density at radius 1 is 1.38 bits per heavy atom. The van der Waals surface area contributed by atoms with Crippen molar-refractivity contribution in [2.24, 2.45) is 5.92 Å². The van der Waals surface area contributed by atoms with E-state index in [0.717, 1.165) is 45.3 Å². The van der Waals surface area contributed by atoms with Crippen LogP contribution in [-0.2, 0) is 0 Å². The zero-order valence-electron chi connectivity index (χ0n) is 10.2. The lowest BCUT2D eigenvalue weighted by atomic mass is 10.1. The summed E-state index contributed by atoms with van der Waals surface area (Å²) in [6, 6.07) is 0.0800. The van der Waals surface area contributed by atoms with Gasteiger partial charge in [0, 0.05) is 26.2 Å². The van der Waals surface area contributed by atoms with Gasteiger partial charge in [-0.1, -0.05) is 6.92 Å². The second kappa shape index (κ2) is 7.49. The van der Waals surface area contributed by atoms with Gasteiger partial charge in [-0.25, -0.2) is 4.79 Å². The van der Waals surface area contributed by atoms with Gasteiger partial charge in [-0.2, -0.15) is 0 Å². The highest BCUT2D eigenvalue weighted by molar-refractivity contribution is 5.74. The van der Waals surface area contributed by atoms with Crippen LogP contribution in [0, 0.1) is 5.92 Å². The summed E-state index contributed by atoms with van der Waals surface area (Å²) >= 11 is 0. The van der Waals surface area contributed by atoms with Gasteiger partial charge in [-0.15, -0.1) is 0 Å². The van der Waals surface area contributed by atoms with Crippen molar-refractivity contribution in [1.82, 2.24) is 10.2 Å². The summed E-state index contributed by atoms with van der Waals surface area (Å²) in [7, 11) is 0. The van der Waals surface area contributed by atoms with E-state index >= 15 is 0 Å². The molecule has 94 valence electrons. The first-order valence-electron chi connectivity index (χ1n) is 6.37. The maximum Gasteiger partial charge on any atom is 0.317 e. The highest BCUT2D eigenvalue weighted by atomic mass is 16.3. The number of nitrogens with zero attached hydrogens (tertiary/aromatic N) is 1. The van der Waals surface area contributed by atoms with Crippen LogP contribution in [0.15, 0.2) is 0 Å². The summed E-state index contributed by atoms with van der Waals surface area (Å²) in [6.45, 7) is 4.78. The summed E-state index contributed by atoms with van der Waals surface area (Å²) in [5.74, 6) is 0.340. The molecule has 0 spiro atoms. The Balaban J connectivity index is 2.05. The monoisotopic (exact) mass is 228 g/mol. The van der Waals surface area contributed by atoms with Gasteiger partial charge >= 0.3 is 6.03 Å². The van der Waals surface area contributed by atoms with Crippen molar-refractivity contribution in [2.45, 2.75) is 39.0 Å². The Kier molecular flexibility index (Phi) is 6.23. The second-order valence-electron chi connectivity index (χ2n) is 4.71. The van der Waals surface area contributed by atoms with Gasteiger partial charge < -0.3 is 15.3 Å². The molecular formula is C12H24N2O2. The van der Waals surface area contributed by atoms with Crippen LogP contribution in [0.2, 0.25) is 0 Å². The molecule has 0 aromatic rings. The lowest BCUT2D eigenvalue weighted by Gasteiger charge is -2.26. The predicted molar refractivity (Wildman–Crippen MR) is 64.3 cm³/mol. The largest absolute Gasteiger partial charge is 0.396 e.